The van der Waals surface area contributed by atoms with E-state index in [4.69, 9.17) is 11.6 Å². The molecule has 2 aromatic rings. The highest BCUT2D eigenvalue weighted by Gasteiger charge is 2.23. The minimum atomic E-state index is -0.0918. The quantitative estimate of drug-likeness (QED) is 0.872. The fraction of sp³-hybridized carbons (Fsp3) is 0.421. The minimum absolute atomic E-state index is 0.0151. The van der Waals surface area contributed by atoms with Gasteiger partial charge in [-0.2, -0.15) is 5.10 Å². The van der Waals surface area contributed by atoms with E-state index in [9.17, 15) is 9.59 Å². The first-order valence-electron chi connectivity index (χ1n) is 8.92. The van der Waals surface area contributed by atoms with Crippen LogP contribution in [0.5, 0.6) is 0 Å². The molecule has 1 atom stereocenters. The van der Waals surface area contributed by atoms with Crippen LogP contribution in [0.4, 0.5) is 11.4 Å². The number of carbonyl (C=O) groups is 1. The average Bonchev–Trinajstić information content (AvgIpc) is 2.61. The van der Waals surface area contributed by atoms with Crippen molar-refractivity contribution in [2.24, 2.45) is 5.92 Å². The number of nitrogens with zero attached hydrogens (tertiary/aromatic N) is 3. The van der Waals surface area contributed by atoms with E-state index < -0.39 is 0 Å². The number of hydrogen-bond donors (Lipinski definition) is 1. The lowest BCUT2D eigenvalue weighted by Crippen LogP contribution is -2.38. The zero-order chi connectivity index (χ0) is 18.5. The maximum atomic E-state index is 12.3. The van der Waals surface area contributed by atoms with Gasteiger partial charge in [0, 0.05) is 42.8 Å². The van der Waals surface area contributed by atoms with Gasteiger partial charge in [0.2, 0.25) is 5.91 Å². The third-order valence-corrected chi connectivity index (χ3v) is 4.86. The lowest BCUT2D eigenvalue weighted by Gasteiger charge is -2.33. The van der Waals surface area contributed by atoms with Crippen molar-refractivity contribution in [3.05, 3.63) is 51.9 Å². The summed E-state index contributed by atoms with van der Waals surface area (Å²) in [5, 5.41) is 7.69. The first kappa shape index (κ1) is 18.5. The highest BCUT2D eigenvalue weighted by Crippen LogP contribution is 2.24. The molecule has 1 amide bonds. The lowest BCUT2D eigenvalue weighted by molar-refractivity contribution is -0.117. The van der Waals surface area contributed by atoms with Crippen molar-refractivity contribution in [1.29, 1.82) is 0 Å². The molecular weight excluding hydrogens is 352 g/mol. The van der Waals surface area contributed by atoms with E-state index >= 15 is 0 Å². The van der Waals surface area contributed by atoms with E-state index in [2.05, 4.69) is 15.3 Å². The predicted octanol–water partition coefficient (Wildman–Crippen LogP) is 3.16. The van der Waals surface area contributed by atoms with Crippen molar-refractivity contribution in [1.82, 2.24) is 9.78 Å². The summed E-state index contributed by atoms with van der Waals surface area (Å²) in [5.41, 5.74) is 1.45. The van der Waals surface area contributed by atoms with E-state index in [1.165, 1.54) is 4.68 Å². The Balaban J connectivity index is 1.60. The largest absolute Gasteiger partial charge is 0.370 e. The molecule has 0 saturated carbocycles. The van der Waals surface area contributed by atoms with E-state index in [-0.39, 0.29) is 17.4 Å². The normalized spacial score (nSPS) is 17.2. The Hall–Kier alpha value is -2.34. The summed E-state index contributed by atoms with van der Waals surface area (Å²) in [6, 6.07) is 8.78. The summed E-state index contributed by atoms with van der Waals surface area (Å²) in [4.78, 5) is 26.5. The number of anilines is 2. The molecule has 0 aliphatic carbocycles. The second-order valence-electron chi connectivity index (χ2n) is 6.58. The maximum absolute atomic E-state index is 12.3. The second kappa shape index (κ2) is 8.36. The van der Waals surface area contributed by atoms with Crippen LogP contribution in [0.15, 0.2) is 41.3 Å². The second-order valence-corrected chi connectivity index (χ2v) is 7.02. The summed E-state index contributed by atoms with van der Waals surface area (Å²) in [7, 11) is 0. The summed E-state index contributed by atoms with van der Waals surface area (Å²) in [6.45, 7) is 4.08. The zero-order valence-corrected chi connectivity index (χ0v) is 15.6. The summed E-state index contributed by atoms with van der Waals surface area (Å²) < 4.78 is 1.43. The Morgan fingerprint density at radius 1 is 1.38 bits per heavy atom. The van der Waals surface area contributed by atoms with Gasteiger partial charge in [-0.3, -0.25) is 9.59 Å². The molecule has 0 bridgehead atoms. The molecule has 1 fully saturated rings. The number of benzene rings is 1. The van der Waals surface area contributed by atoms with E-state index in [1.54, 1.807) is 24.4 Å². The van der Waals surface area contributed by atoms with Gasteiger partial charge in [-0.25, -0.2) is 4.68 Å². The number of hydrogen-bond acceptors (Lipinski definition) is 4. The highest BCUT2D eigenvalue weighted by molar-refractivity contribution is 6.30. The van der Waals surface area contributed by atoms with E-state index in [0.717, 1.165) is 31.6 Å². The SMILES string of the molecule is CCn1ncc(N2CCCC(CC(=O)Nc3cccc(Cl)c3)C2)cc1=O. The topological polar surface area (TPSA) is 67.2 Å². The molecule has 0 radical (unpaired) electrons. The smallest absolute Gasteiger partial charge is 0.268 e. The van der Waals surface area contributed by atoms with Crippen LogP contribution in [-0.2, 0) is 11.3 Å². The monoisotopic (exact) mass is 374 g/mol. The van der Waals surface area contributed by atoms with Crippen molar-refractivity contribution in [3.8, 4) is 0 Å². The van der Waals surface area contributed by atoms with Gasteiger partial charge < -0.3 is 10.2 Å². The number of amides is 1. The van der Waals surface area contributed by atoms with Gasteiger partial charge in [-0.1, -0.05) is 17.7 Å². The van der Waals surface area contributed by atoms with Crippen molar-refractivity contribution in [2.75, 3.05) is 23.3 Å². The number of carbonyl (C=O) groups excluding carboxylic acids is 1. The minimum Gasteiger partial charge on any atom is -0.370 e. The fourth-order valence-corrected chi connectivity index (χ4v) is 3.53. The van der Waals surface area contributed by atoms with Crippen molar-refractivity contribution < 1.29 is 4.79 Å². The van der Waals surface area contributed by atoms with Crippen molar-refractivity contribution in [3.63, 3.8) is 0 Å². The first-order valence-corrected chi connectivity index (χ1v) is 9.30. The molecule has 1 aromatic heterocycles. The van der Waals surface area contributed by atoms with Crippen LogP contribution in [0, 0.1) is 5.92 Å². The molecule has 7 heteroatoms. The number of piperidine rings is 1. The van der Waals surface area contributed by atoms with Crippen LogP contribution in [0.25, 0.3) is 0 Å². The van der Waals surface area contributed by atoms with Gasteiger partial charge in [0.05, 0.1) is 11.9 Å². The molecular formula is C19H23ClN4O2. The molecule has 138 valence electrons. The average molecular weight is 375 g/mol. The van der Waals surface area contributed by atoms with Crippen LogP contribution in [0.3, 0.4) is 0 Å². The fourth-order valence-electron chi connectivity index (χ4n) is 3.34. The summed E-state index contributed by atoms with van der Waals surface area (Å²) in [6.07, 6.45) is 4.17. The third kappa shape index (κ3) is 4.64. The Labute approximate surface area is 157 Å². The number of halogens is 1. The van der Waals surface area contributed by atoms with Crippen molar-refractivity contribution in [2.45, 2.75) is 32.7 Å². The van der Waals surface area contributed by atoms with Gasteiger partial charge in [-0.05, 0) is 43.9 Å². The highest BCUT2D eigenvalue weighted by atomic mass is 35.5. The van der Waals surface area contributed by atoms with Crippen LogP contribution < -0.4 is 15.8 Å². The molecule has 1 aliphatic heterocycles. The number of aryl methyl sites for hydroxylation is 1. The summed E-state index contributed by atoms with van der Waals surface area (Å²) in [5.74, 6) is 0.232. The third-order valence-electron chi connectivity index (χ3n) is 4.62. The van der Waals surface area contributed by atoms with E-state index in [1.807, 2.05) is 19.1 Å². The molecule has 6 nitrogen and oxygen atoms in total. The van der Waals surface area contributed by atoms with Gasteiger partial charge in [0.15, 0.2) is 0 Å². The predicted molar refractivity (Wildman–Crippen MR) is 104 cm³/mol. The molecule has 1 saturated heterocycles. The molecule has 1 aromatic carbocycles. The molecule has 26 heavy (non-hydrogen) atoms. The molecule has 1 aliphatic rings. The lowest BCUT2D eigenvalue weighted by atomic mass is 9.94. The van der Waals surface area contributed by atoms with Crippen molar-refractivity contribution >= 4 is 28.9 Å². The molecule has 0 spiro atoms. The Morgan fingerprint density at radius 2 is 2.23 bits per heavy atom. The van der Waals surface area contributed by atoms with Crippen LogP contribution in [-0.4, -0.2) is 28.8 Å². The molecule has 1 unspecified atom stereocenters. The summed E-state index contributed by atoms with van der Waals surface area (Å²) >= 11 is 5.95. The molecule has 1 N–H and O–H groups in total. The zero-order valence-electron chi connectivity index (χ0n) is 14.8. The number of aromatic nitrogens is 2. The first-order chi connectivity index (χ1) is 12.5. The molecule has 2 heterocycles. The van der Waals surface area contributed by atoms with Crippen LogP contribution >= 0.6 is 11.6 Å². The van der Waals surface area contributed by atoms with Gasteiger partial charge >= 0.3 is 0 Å². The van der Waals surface area contributed by atoms with Crippen LogP contribution in [0.2, 0.25) is 5.02 Å². The number of rotatable bonds is 5. The standard InChI is InChI=1S/C19H23ClN4O2/c1-2-24-19(26)11-17(12-21-24)23-8-4-5-14(13-23)9-18(25)22-16-7-3-6-15(20)10-16/h3,6-7,10-12,14H,2,4-5,8-9,13H2,1H3,(H,22,25). The Morgan fingerprint density at radius 3 is 2.96 bits per heavy atom. The van der Waals surface area contributed by atoms with Crippen LogP contribution in [0.1, 0.15) is 26.2 Å². The Bertz CT molecular complexity index is 836. The van der Waals surface area contributed by atoms with E-state index in [0.29, 0.717) is 23.7 Å². The van der Waals surface area contributed by atoms with Gasteiger partial charge in [0.1, 0.15) is 0 Å². The number of nitrogens with one attached hydrogen (secondary N) is 1. The van der Waals surface area contributed by atoms with Gasteiger partial charge in [0.25, 0.3) is 5.56 Å². The molecule has 3 rings (SSSR count). The Kier molecular flexibility index (Phi) is 5.93. The maximum Gasteiger partial charge on any atom is 0.268 e. The van der Waals surface area contributed by atoms with Gasteiger partial charge in [-0.15, -0.1) is 0 Å².